The van der Waals surface area contributed by atoms with Crippen LogP contribution < -0.4 is 9.47 Å². The lowest BCUT2D eigenvalue weighted by Gasteiger charge is -2.11. The van der Waals surface area contributed by atoms with Gasteiger partial charge in [0.05, 0.1) is 18.8 Å². The van der Waals surface area contributed by atoms with Crippen LogP contribution in [0, 0.1) is 11.3 Å². The minimum Gasteiger partial charge on any atom is -0.497 e. The maximum absolute atomic E-state index is 9.63. The molecule has 0 bridgehead atoms. The highest BCUT2D eigenvalue weighted by Crippen LogP contribution is 2.29. The van der Waals surface area contributed by atoms with Crippen molar-refractivity contribution < 1.29 is 9.47 Å². The van der Waals surface area contributed by atoms with Gasteiger partial charge in [-0.15, -0.1) is 0 Å². The molecular weight excluding hydrogens is 393 g/mol. The molecule has 0 aromatic heterocycles. The van der Waals surface area contributed by atoms with Gasteiger partial charge in [-0.3, -0.25) is 0 Å². The van der Waals surface area contributed by atoms with Crippen molar-refractivity contribution >= 4 is 34.9 Å². The summed E-state index contributed by atoms with van der Waals surface area (Å²) in [6.45, 7) is 0.355. The van der Waals surface area contributed by atoms with E-state index in [1.54, 1.807) is 31.4 Å². The van der Waals surface area contributed by atoms with Gasteiger partial charge in [0.15, 0.2) is 0 Å². The van der Waals surface area contributed by atoms with Crippen molar-refractivity contribution in [3.63, 3.8) is 0 Å². The second-order valence-corrected chi connectivity index (χ2v) is 6.87. The van der Waals surface area contributed by atoms with Gasteiger partial charge >= 0.3 is 0 Å². The lowest BCUT2D eigenvalue weighted by atomic mass is 10.0. The summed E-state index contributed by atoms with van der Waals surface area (Å²) in [4.78, 5) is 0. The molecular formula is C23H17Cl2NO2. The third-order valence-electron chi connectivity index (χ3n) is 4.08. The average molecular weight is 410 g/mol. The van der Waals surface area contributed by atoms with E-state index in [-0.39, 0.29) is 0 Å². The molecule has 0 amide bonds. The number of hydrogen-bond donors (Lipinski definition) is 0. The Morgan fingerprint density at radius 2 is 1.75 bits per heavy atom. The van der Waals surface area contributed by atoms with Gasteiger partial charge in [-0.2, -0.15) is 5.26 Å². The number of nitrogens with zero attached hydrogens (tertiary/aromatic N) is 1. The van der Waals surface area contributed by atoms with Crippen LogP contribution in [-0.4, -0.2) is 7.11 Å². The summed E-state index contributed by atoms with van der Waals surface area (Å²) in [6.07, 6.45) is 1.76. The molecule has 0 saturated heterocycles. The molecule has 28 heavy (non-hydrogen) atoms. The molecule has 0 atom stereocenters. The number of halogens is 2. The zero-order chi connectivity index (χ0) is 19.9. The second-order valence-electron chi connectivity index (χ2n) is 6.00. The summed E-state index contributed by atoms with van der Waals surface area (Å²) >= 11 is 12.2. The van der Waals surface area contributed by atoms with Gasteiger partial charge < -0.3 is 9.47 Å². The van der Waals surface area contributed by atoms with Crippen LogP contribution in [0.2, 0.25) is 10.0 Å². The van der Waals surface area contributed by atoms with Gasteiger partial charge in [-0.1, -0.05) is 35.3 Å². The van der Waals surface area contributed by atoms with Crippen LogP contribution in [0.5, 0.6) is 11.5 Å². The van der Waals surface area contributed by atoms with Crippen molar-refractivity contribution in [1.29, 1.82) is 5.26 Å². The van der Waals surface area contributed by atoms with E-state index in [4.69, 9.17) is 32.7 Å². The molecule has 0 aliphatic rings. The van der Waals surface area contributed by atoms with Crippen molar-refractivity contribution in [2.45, 2.75) is 6.61 Å². The number of nitriles is 1. The van der Waals surface area contributed by atoms with E-state index < -0.39 is 0 Å². The summed E-state index contributed by atoms with van der Waals surface area (Å²) < 4.78 is 11.1. The molecule has 0 N–H and O–H groups in total. The van der Waals surface area contributed by atoms with Crippen LogP contribution in [0.1, 0.15) is 16.7 Å². The molecule has 0 aliphatic carbocycles. The summed E-state index contributed by atoms with van der Waals surface area (Å²) in [6, 6.07) is 22.3. The fraction of sp³-hybridized carbons (Fsp3) is 0.0870. The first-order chi connectivity index (χ1) is 13.6. The highest BCUT2D eigenvalue weighted by molar-refractivity contribution is 6.31. The molecule has 0 radical (unpaired) electrons. The van der Waals surface area contributed by atoms with E-state index in [9.17, 15) is 5.26 Å². The number of methoxy groups -OCH3 is 1. The molecule has 5 heteroatoms. The molecule has 0 heterocycles. The van der Waals surface area contributed by atoms with Gasteiger partial charge in [-0.25, -0.2) is 0 Å². The van der Waals surface area contributed by atoms with E-state index in [0.29, 0.717) is 28.0 Å². The van der Waals surface area contributed by atoms with E-state index in [1.165, 1.54) is 0 Å². The minimum atomic E-state index is 0.355. The van der Waals surface area contributed by atoms with Gasteiger partial charge in [0, 0.05) is 15.6 Å². The molecule has 3 aromatic carbocycles. The maximum atomic E-state index is 9.63. The Morgan fingerprint density at radius 1 is 1.00 bits per heavy atom. The number of ether oxygens (including phenoxy) is 2. The summed E-state index contributed by atoms with van der Waals surface area (Å²) in [5, 5.41) is 10.8. The smallest absolute Gasteiger partial charge is 0.127 e. The molecule has 0 saturated carbocycles. The molecule has 3 aromatic rings. The fourth-order valence-corrected chi connectivity index (χ4v) is 3.05. The monoisotopic (exact) mass is 409 g/mol. The van der Waals surface area contributed by atoms with Crippen molar-refractivity contribution in [2.75, 3.05) is 7.11 Å². The third kappa shape index (κ3) is 5.07. The Morgan fingerprint density at radius 3 is 2.43 bits per heavy atom. The third-order valence-corrected chi connectivity index (χ3v) is 4.55. The van der Waals surface area contributed by atoms with E-state index in [1.807, 2.05) is 48.5 Å². The van der Waals surface area contributed by atoms with E-state index in [2.05, 4.69) is 6.07 Å². The predicted octanol–water partition coefficient (Wildman–Crippen LogP) is 6.65. The molecule has 140 valence electrons. The quantitative estimate of drug-likeness (QED) is 0.338. The SMILES string of the molecule is COc1ccc(/C(C#N)=C/c2cc(Cl)ccc2OCc2cccc(Cl)c2)cc1. The molecule has 0 aliphatic heterocycles. The van der Waals surface area contributed by atoms with Gasteiger partial charge in [0.2, 0.25) is 0 Å². The van der Waals surface area contributed by atoms with Crippen molar-refractivity contribution in [1.82, 2.24) is 0 Å². The first kappa shape index (κ1) is 19.8. The summed E-state index contributed by atoms with van der Waals surface area (Å²) in [5.41, 5.74) is 2.96. The number of allylic oxidation sites excluding steroid dienone is 1. The molecule has 3 rings (SSSR count). The van der Waals surface area contributed by atoms with Crippen molar-refractivity contribution in [2.24, 2.45) is 0 Å². The molecule has 0 unspecified atom stereocenters. The lowest BCUT2D eigenvalue weighted by molar-refractivity contribution is 0.305. The van der Waals surface area contributed by atoms with E-state index in [0.717, 1.165) is 22.4 Å². The molecule has 0 fully saturated rings. The normalized spacial score (nSPS) is 11.0. The minimum absolute atomic E-state index is 0.355. The molecule has 0 spiro atoms. The number of benzene rings is 3. The van der Waals surface area contributed by atoms with Crippen LogP contribution in [0.3, 0.4) is 0 Å². The standard InChI is InChI=1S/C23H17Cl2NO2/c1-27-22-8-5-17(6-9-22)19(14-26)12-18-13-21(25)7-10-23(18)28-15-16-3-2-4-20(24)11-16/h2-13H,15H2,1H3/b19-12+. The van der Waals surface area contributed by atoms with Crippen LogP contribution in [-0.2, 0) is 6.61 Å². The number of hydrogen-bond acceptors (Lipinski definition) is 3. The van der Waals surface area contributed by atoms with Crippen LogP contribution in [0.4, 0.5) is 0 Å². The van der Waals surface area contributed by atoms with Gasteiger partial charge in [0.25, 0.3) is 0 Å². The van der Waals surface area contributed by atoms with Crippen LogP contribution in [0.25, 0.3) is 11.6 Å². The van der Waals surface area contributed by atoms with Crippen LogP contribution >= 0.6 is 23.2 Å². The van der Waals surface area contributed by atoms with E-state index >= 15 is 0 Å². The Hall–Kier alpha value is -2.93. The number of rotatable bonds is 6. The average Bonchev–Trinajstić information content (AvgIpc) is 2.71. The zero-order valence-corrected chi connectivity index (χ0v) is 16.7. The summed E-state index contributed by atoms with van der Waals surface area (Å²) in [7, 11) is 1.60. The Kier molecular flexibility index (Phi) is 6.60. The van der Waals surface area contributed by atoms with Gasteiger partial charge in [-0.05, 0) is 71.8 Å². The van der Waals surface area contributed by atoms with Gasteiger partial charge in [0.1, 0.15) is 18.1 Å². The first-order valence-electron chi connectivity index (χ1n) is 8.52. The second kappa shape index (κ2) is 9.32. The molecule has 3 nitrogen and oxygen atoms in total. The lowest BCUT2D eigenvalue weighted by Crippen LogP contribution is -1.97. The Balaban J connectivity index is 1.90. The maximum Gasteiger partial charge on any atom is 0.127 e. The highest BCUT2D eigenvalue weighted by Gasteiger charge is 2.08. The van der Waals surface area contributed by atoms with Crippen LogP contribution in [0.15, 0.2) is 66.7 Å². The summed E-state index contributed by atoms with van der Waals surface area (Å²) in [5.74, 6) is 1.36. The van der Waals surface area contributed by atoms with Crippen molar-refractivity contribution in [3.05, 3.63) is 93.5 Å². The zero-order valence-electron chi connectivity index (χ0n) is 15.2. The Labute approximate surface area is 174 Å². The highest BCUT2D eigenvalue weighted by atomic mass is 35.5. The first-order valence-corrected chi connectivity index (χ1v) is 9.27. The largest absolute Gasteiger partial charge is 0.497 e. The predicted molar refractivity (Wildman–Crippen MR) is 114 cm³/mol. The van der Waals surface area contributed by atoms with Crippen molar-refractivity contribution in [3.8, 4) is 17.6 Å². The Bertz CT molecular complexity index is 1040. The fourth-order valence-electron chi connectivity index (χ4n) is 2.66. The topological polar surface area (TPSA) is 42.2 Å².